The zero-order valence-corrected chi connectivity index (χ0v) is 17.4. The van der Waals surface area contributed by atoms with Crippen molar-refractivity contribution in [2.45, 2.75) is 32.4 Å². The maximum absolute atomic E-state index is 11.1. The Morgan fingerprint density at radius 2 is 1.94 bits per heavy atom. The van der Waals surface area contributed by atoms with Crippen molar-refractivity contribution in [3.8, 4) is 16.9 Å². The number of para-hydroxylation sites is 1. The van der Waals surface area contributed by atoms with E-state index in [0.29, 0.717) is 17.9 Å². The third-order valence-corrected chi connectivity index (χ3v) is 5.39. The smallest absolute Gasteiger partial charge is 0.307 e. The fraction of sp³-hybridized carbons (Fsp3) is 0.192. The number of nitrogens with two attached hydrogens (primary N) is 1. The Hall–Kier alpha value is -3.57. The van der Waals surface area contributed by atoms with E-state index in [4.69, 9.17) is 20.0 Å². The normalized spacial score (nSPS) is 12.1. The predicted molar refractivity (Wildman–Crippen MR) is 121 cm³/mol. The second-order valence-electron chi connectivity index (χ2n) is 7.59. The zero-order chi connectivity index (χ0) is 21.8. The van der Waals surface area contributed by atoms with E-state index >= 15 is 0 Å². The molecule has 158 valence electrons. The van der Waals surface area contributed by atoms with Gasteiger partial charge in [-0.05, 0) is 53.4 Å². The Morgan fingerprint density at radius 3 is 2.74 bits per heavy atom. The largest absolute Gasteiger partial charge is 0.489 e. The van der Waals surface area contributed by atoms with Gasteiger partial charge in [-0.3, -0.25) is 4.79 Å². The lowest BCUT2D eigenvalue weighted by Crippen LogP contribution is -2.08. The van der Waals surface area contributed by atoms with Crippen molar-refractivity contribution in [1.82, 2.24) is 0 Å². The van der Waals surface area contributed by atoms with E-state index in [-0.39, 0.29) is 12.5 Å². The molecule has 1 atom stereocenters. The molecule has 0 aliphatic heterocycles. The molecule has 1 aromatic heterocycles. The molecule has 5 nitrogen and oxygen atoms in total. The highest BCUT2D eigenvalue weighted by Gasteiger charge is 2.13. The van der Waals surface area contributed by atoms with Gasteiger partial charge in [-0.15, -0.1) is 0 Å². The van der Waals surface area contributed by atoms with Crippen molar-refractivity contribution in [1.29, 1.82) is 0 Å². The minimum Gasteiger partial charge on any atom is -0.489 e. The number of hydrogen-bond donors (Lipinski definition) is 2. The summed E-state index contributed by atoms with van der Waals surface area (Å²) in [7, 11) is 0. The first kappa shape index (κ1) is 20.7. The maximum Gasteiger partial charge on any atom is 0.307 e. The highest BCUT2D eigenvalue weighted by atomic mass is 16.5. The van der Waals surface area contributed by atoms with E-state index < -0.39 is 5.97 Å². The van der Waals surface area contributed by atoms with Gasteiger partial charge < -0.3 is 20.0 Å². The average Bonchev–Trinajstić information content (AvgIpc) is 3.26. The van der Waals surface area contributed by atoms with Gasteiger partial charge in [0.1, 0.15) is 17.9 Å². The van der Waals surface area contributed by atoms with Gasteiger partial charge in [0.05, 0.1) is 12.7 Å². The minimum absolute atomic E-state index is 0.00991. The van der Waals surface area contributed by atoms with Crippen molar-refractivity contribution in [3.63, 3.8) is 0 Å². The fourth-order valence-electron chi connectivity index (χ4n) is 3.73. The van der Waals surface area contributed by atoms with Gasteiger partial charge >= 0.3 is 5.97 Å². The molecule has 1 heterocycles. The molecular weight excluding hydrogens is 390 g/mol. The van der Waals surface area contributed by atoms with Crippen LogP contribution in [0.15, 0.2) is 77.4 Å². The van der Waals surface area contributed by atoms with E-state index in [0.717, 1.165) is 39.6 Å². The van der Waals surface area contributed by atoms with Crippen LogP contribution in [-0.4, -0.2) is 11.1 Å². The Labute approximate surface area is 181 Å². The van der Waals surface area contributed by atoms with E-state index in [2.05, 4.69) is 25.1 Å². The molecule has 31 heavy (non-hydrogen) atoms. The van der Waals surface area contributed by atoms with Crippen LogP contribution < -0.4 is 10.5 Å². The number of fused-ring (bicyclic) bond motifs is 1. The topological polar surface area (TPSA) is 85.7 Å². The summed E-state index contributed by atoms with van der Waals surface area (Å²) < 4.78 is 11.8. The average molecular weight is 415 g/mol. The molecule has 0 saturated heterocycles. The van der Waals surface area contributed by atoms with E-state index in [1.165, 1.54) is 0 Å². The maximum atomic E-state index is 11.1. The van der Waals surface area contributed by atoms with Gasteiger partial charge in [0.2, 0.25) is 0 Å². The lowest BCUT2D eigenvalue weighted by atomic mass is 9.96. The van der Waals surface area contributed by atoms with Crippen LogP contribution in [0.2, 0.25) is 0 Å². The van der Waals surface area contributed by atoms with Gasteiger partial charge in [0.25, 0.3) is 0 Å². The van der Waals surface area contributed by atoms with Crippen LogP contribution in [0.3, 0.4) is 0 Å². The van der Waals surface area contributed by atoms with Gasteiger partial charge in [0, 0.05) is 22.6 Å². The summed E-state index contributed by atoms with van der Waals surface area (Å²) in [5.74, 6) is -0.307. The number of rotatable bonds is 8. The summed E-state index contributed by atoms with van der Waals surface area (Å²) >= 11 is 0. The van der Waals surface area contributed by atoms with Crippen molar-refractivity contribution < 1.29 is 19.1 Å². The first-order chi connectivity index (χ1) is 15.0. The standard InChI is InChI=1S/C26H25NO4/c1-2-23(27)19-8-5-7-18(14-19)22-13-17(12-21-10-11-30-26(21)22)16-31-24-9-4-3-6-20(24)15-25(28)29/h3-14,23H,2,15-16,27H2,1H3,(H,28,29)/t23-/m1/s1. The number of benzene rings is 3. The summed E-state index contributed by atoms with van der Waals surface area (Å²) in [5, 5.41) is 10.1. The predicted octanol–water partition coefficient (Wildman–Crippen LogP) is 5.72. The first-order valence-corrected chi connectivity index (χ1v) is 10.3. The third-order valence-electron chi connectivity index (χ3n) is 5.39. The molecule has 0 aliphatic rings. The van der Waals surface area contributed by atoms with Crippen LogP contribution >= 0.6 is 0 Å². The first-order valence-electron chi connectivity index (χ1n) is 10.3. The van der Waals surface area contributed by atoms with Crippen LogP contribution in [0, 0.1) is 0 Å². The van der Waals surface area contributed by atoms with Gasteiger partial charge in [-0.25, -0.2) is 0 Å². The van der Waals surface area contributed by atoms with E-state index in [9.17, 15) is 4.79 Å². The monoisotopic (exact) mass is 415 g/mol. The molecule has 4 rings (SSSR count). The van der Waals surface area contributed by atoms with Crippen LogP contribution in [0.1, 0.15) is 36.1 Å². The number of ether oxygens (including phenoxy) is 1. The summed E-state index contributed by atoms with van der Waals surface area (Å²) in [6, 6.07) is 21.5. The fourth-order valence-corrected chi connectivity index (χ4v) is 3.73. The summed E-state index contributed by atoms with van der Waals surface area (Å²) in [6.07, 6.45) is 2.47. The molecule has 0 bridgehead atoms. The molecule has 0 aliphatic carbocycles. The molecule has 0 amide bonds. The number of carboxylic acids is 1. The molecule has 3 aromatic carbocycles. The Bertz CT molecular complexity index is 1210. The highest BCUT2D eigenvalue weighted by molar-refractivity contribution is 5.93. The quantitative estimate of drug-likeness (QED) is 0.385. The number of carboxylic acid groups (broad SMARTS) is 1. The highest BCUT2D eigenvalue weighted by Crippen LogP contribution is 2.33. The molecule has 4 aromatic rings. The SMILES string of the molecule is CC[C@@H](N)c1cccc(-c2cc(COc3ccccc3CC(=O)O)cc3ccoc23)c1. The minimum atomic E-state index is -0.886. The third kappa shape index (κ3) is 4.62. The molecule has 0 fully saturated rings. The number of carbonyl (C=O) groups is 1. The second-order valence-corrected chi connectivity index (χ2v) is 7.59. The zero-order valence-electron chi connectivity index (χ0n) is 17.4. The van der Waals surface area contributed by atoms with Crippen LogP contribution in [-0.2, 0) is 17.8 Å². The van der Waals surface area contributed by atoms with E-state index in [1.54, 1.807) is 18.4 Å². The molecule has 0 spiro atoms. The summed E-state index contributed by atoms with van der Waals surface area (Å²) in [4.78, 5) is 11.1. The number of hydrogen-bond acceptors (Lipinski definition) is 4. The molecule has 0 saturated carbocycles. The Balaban J connectivity index is 1.67. The van der Waals surface area contributed by atoms with Gasteiger partial charge in [-0.1, -0.05) is 43.3 Å². The Morgan fingerprint density at radius 1 is 1.10 bits per heavy atom. The summed E-state index contributed by atoms with van der Waals surface area (Å²) in [5.41, 5.74) is 11.8. The molecule has 3 N–H and O–H groups in total. The van der Waals surface area contributed by atoms with E-state index in [1.807, 2.05) is 36.4 Å². The van der Waals surface area contributed by atoms with Gasteiger partial charge in [0.15, 0.2) is 0 Å². The van der Waals surface area contributed by atoms with Crippen molar-refractivity contribution in [2.75, 3.05) is 0 Å². The van der Waals surface area contributed by atoms with Crippen LogP contribution in [0.5, 0.6) is 5.75 Å². The van der Waals surface area contributed by atoms with Crippen molar-refractivity contribution in [3.05, 3.63) is 89.7 Å². The van der Waals surface area contributed by atoms with Crippen LogP contribution in [0.25, 0.3) is 22.1 Å². The molecule has 0 radical (unpaired) electrons. The van der Waals surface area contributed by atoms with Crippen molar-refractivity contribution >= 4 is 16.9 Å². The number of aliphatic carboxylic acids is 1. The molecule has 5 heteroatoms. The second kappa shape index (κ2) is 9.06. The van der Waals surface area contributed by atoms with Gasteiger partial charge in [-0.2, -0.15) is 0 Å². The Kier molecular flexibility index (Phi) is 6.05. The molecule has 0 unspecified atom stereocenters. The van der Waals surface area contributed by atoms with Crippen molar-refractivity contribution in [2.24, 2.45) is 5.73 Å². The lowest BCUT2D eigenvalue weighted by molar-refractivity contribution is -0.136. The molecular formula is C26H25NO4. The summed E-state index contributed by atoms with van der Waals surface area (Å²) in [6.45, 7) is 2.39. The number of furan rings is 1. The lowest BCUT2D eigenvalue weighted by Gasteiger charge is -2.13. The van der Waals surface area contributed by atoms with Crippen LogP contribution in [0.4, 0.5) is 0 Å².